The summed E-state index contributed by atoms with van der Waals surface area (Å²) in [7, 11) is 2.37. The molecule has 6 heteroatoms. The summed E-state index contributed by atoms with van der Waals surface area (Å²) in [6, 6.07) is -0.00735. The second kappa shape index (κ2) is 6.06. The van der Waals surface area contributed by atoms with Crippen LogP contribution in [0.3, 0.4) is 0 Å². The molecule has 0 aromatic carbocycles. The Balaban J connectivity index is 3.26. The first-order chi connectivity index (χ1) is 4.66. The lowest BCUT2D eigenvalue weighted by atomic mass is 10.4. The molecule has 10 heavy (non-hydrogen) atoms. The van der Waals surface area contributed by atoms with E-state index in [1.807, 2.05) is 13.8 Å². The van der Waals surface area contributed by atoms with Crippen LogP contribution in [0.5, 0.6) is 0 Å². The van der Waals surface area contributed by atoms with E-state index in [9.17, 15) is 4.79 Å². The largest absolute Gasteiger partial charge is 0.335 e. The fourth-order valence-electron chi connectivity index (χ4n) is 0.348. The second-order valence-electron chi connectivity index (χ2n) is 1.89. The highest BCUT2D eigenvalue weighted by molar-refractivity contribution is 9.05. The first kappa shape index (κ1) is 10.3. The van der Waals surface area contributed by atoms with Crippen LogP contribution < -0.4 is 10.0 Å². The molecule has 2 N–H and O–H groups in total. The van der Waals surface area contributed by atoms with Crippen molar-refractivity contribution in [2.24, 2.45) is 0 Å². The van der Waals surface area contributed by atoms with Crippen molar-refractivity contribution in [3.8, 4) is 0 Å². The number of hydrogen-bond donors (Lipinski definition) is 3. The first-order valence-electron chi connectivity index (χ1n) is 2.70. The van der Waals surface area contributed by atoms with Gasteiger partial charge >= 0.3 is 6.03 Å². The zero-order chi connectivity index (χ0) is 7.98. The molecule has 2 amide bonds. The molecule has 0 spiro atoms. The summed E-state index contributed by atoms with van der Waals surface area (Å²) in [5, 5.41) is 2.66. The van der Waals surface area contributed by atoms with Gasteiger partial charge in [-0.05, 0) is 23.7 Å². The number of urea groups is 1. The van der Waals surface area contributed by atoms with E-state index in [0.29, 0.717) is 0 Å². The molecule has 0 unspecified atom stereocenters. The lowest BCUT2D eigenvalue weighted by molar-refractivity contribution is 0.244. The topological polar surface area (TPSA) is 41.1 Å². The van der Waals surface area contributed by atoms with E-state index < -0.39 is 0 Å². The Labute approximate surface area is 73.4 Å². The summed E-state index contributed by atoms with van der Waals surface area (Å²) >= 11 is 3.82. The highest BCUT2D eigenvalue weighted by atomic mass is 33.5. The van der Waals surface area contributed by atoms with E-state index >= 15 is 0 Å². The number of amides is 2. The molecule has 0 heterocycles. The van der Waals surface area contributed by atoms with Gasteiger partial charge in [-0.15, -0.1) is 0 Å². The second-order valence-corrected chi connectivity index (χ2v) is 4.70. The summed E-state index contributed by atoms with van der Waals surface area (Å²) in [5.74, 6) is 0. The van der Waals surface area contributed by atoms with Crippen LogP contribution in [0.15, 0.2) is 0 Å². The number of thiol groups is 1. The van der Waals surface area contributed by atoms with Crippen LogP contribution in [-0.4, -0.2) is 12.1 Å². The fraction of sp³-hybridized carbons (Fsp3) is 0.750. The third-order valence-corrected chi connectivity index (χ3v) is 2.08. The molecule has 0 bridgehead atoms. The van der Waals surface area contributed by atoms with Gasteiger partial charge in [0.15, 0.2) is 0 Å². The Kier molecular flexibility index (Phi) is 6.25. The quantitative estimate of drug-likeness (QED) is 0.368. The molecule has 60 valence electrons. The van der Waals surface area contributed by atoms with Crippen LogP contribution in [0.25, 0.3) is 0 Å². The average Bonchev–Trinajstić information content (AvgIpc) is 1.82. The molecule has 0 rings (SSSR count). The molecule has 0 fully saturated rings. The van der Waals surface area contributed by atoms with Crippen LogP contribution >= 0.6 is 32.5 Å². The monoisotopic (exact) mass is 198 g/mol. The minimum atomic E-state index is -0.179. The summed E-state index contributed by atoms with van der Waals surface area (Å²) in [6.07, 6.45) is 0. The van der Waals surface area contributed by atoms with Gasteiger partial charge < -0.3 is 5.32 Å². The minimum absolute atomic E-state index is 0.172. The van der Waals surface area contributed by atoms with Gasteiger partial charge in [0.25, 0.3) is 0 Å². The summed E-state index contributed by atoms with van der Waals surface area (Å²) in [4.78, 5) is 10.7. The van der Waals surface area contributed by atoms with Crippen molar-refractivity contribution in [3.05, 3.63) is 0 Å². The van der Waals surface area contributed by atoms with E-state index in [2.05, 4.69) is 21.7 Å². The Hall–Kier alpha value is 0.320. The maximum atomic E-state index is 10.7. The predicted molar refractivity (Wildman–Crippen MR) is 51.0 cm³/mol. The molecule has 0 aliphatic heterocycles. The van der Waals surface area contributed by atoms with Crippen molar-refractivity contribution in [1.29, 1.82) is 0 Å². The number of carbonyl (C=O) groups excluding carboxylic acids is 1. The third kappa shape index (κ3) is 6.44. The van der Waals surface area contributed by atoms with E-state index in [4.69, 9.17) is 0 Å². The van der Waals surface area contributed by atoms with E-state index in [-0.39, 0.29) is 12.1 Å². The van der Waals surface area contributed by atoms with E-state index in [1.165, 1.54) is 20.8 Å². The van der Waals surface area contributed by atoms with Gasteiger partial charge in [-0.2, -0.15) is 0 Å². The zero-order valence-corrected chi connectivity index (χ0v) is 8.28. The molecule has 0 aromatic rings. The number of carbonyl (C=O) groups is 1. The van der Waals surface area contributed by atoms with E-state index in [1.54, 1.807) is 0 Å². The highest BCUT2D eigenvalue weighted by Crippen LogP contribution is 2.20. The Morgan fingerprint density at radius 2 is 2.20 bits per heavy atom. The van der Waals surface area contributed by atoms with Crippen LogP contribution in [0.4, 0.5) is 4.79 Å². The van der Waals surface area contributed by atoms with Gasteiger partial charge in [0.05, 0.1) is 0 Å². The molecule has 0 radical (unpaired) electrons. The number of rotatable bonds is 3. The first-order valence-corrected chi connectivity index (χ1v) is 5.90. The average molecular weight is 198 g/mol. The maximum absolute atomic E-state index is 10.7. The highest BCUT2D eigenvalue weighted by Gasteiger charge is 1.99. The molecule has 0 aromatic heterocycles. The Morgan fingerprint density at radius 3 is 2.60 bits per heavy atom. The fourth-order valence-corrected chi connectivity index (χ4v) is 1.19. The third-order valence-electron chi connectivity index (χ3n) is 0.591. The van der Waals surface area contributed by atoms with Crippen LogP contribution in [-0.2, 0) is 0 Å². The van der Waals surface area contributed by atoms with Crippen LogP contribution in [0, 0.1) is 0 Å². The molecule has 0 saturated carbocycles. The summed E-state index contributed by atoms with van der Waals surface area (Å²) in [5.41, 5.74) is 0. The van der Waals surface area contributed by atoms with E-state index in [0.717, 1.165) is 0 Å². The summed E-state index contributed by atoms with van der Waals surface area (Å²) in [6.45, 7) is 3.80. The molecule has 3 nitrogen and oxygen atoms in total. The number of nitrogens with one attached hydrogen (secondary N) is 2. The van der Waals surface area contributed by atoms with Gasteiger partial charge in [-0.1, -0.05) is 11.7 Å². The van der Waals surface area contributed by atoms with Crippen molar-refractivity contribution in [3.63, 3.8) is 0 Å². The van der Waals surface area contributed by atoms with Crippen LogP contribution in [0.2, 0.25) is 0 Å². The van der Waals surface area contributed by atoms with Crippen molar-refractivity contribution in [2.45, 2.75) is 19.9 Å². The lowest BCUT2D eigenvalue weighted by Gasteiger charge is -2.07. The molecule has 0 atom stereocenters. The van der Waals surface area contributed by atoms with Crippen molar-refractivity contribution in [2.75, 3.05) is 0 Å². The molecular formula is C4H10N2OS3. The molecule has 0 aliphatic rings. The summed E-state index contributed by atoms with van der Waals surface area (Å²) < 4.78 is 2.52. The van der Waals surface area contributed by atoms with Gasteiger partial charge in [0.2, 0.25) is 0 Å². The van der Waals surface area contributed by atoms with Crippen molar-refractivity contribution in [1.82, 2.24) is 10.0 Å². The van der Waals surface area contributed by atoms with Gasteiger partial charge in [0.1, 0.15) is 0 Å². The van der Waals surface area contributed by atoms with Gasteiger partial charge in [0, 0.05) is 17.0 Å². The van der Waals surface area contributed by atoms with Gasteiger partial charge in [-0.25, -0.2) is 4.79 Å². The lowest BCUT2D eigenvalue weighted by Crippen LogP contribution is -2.35. The normalized spacial score (nSPS) is 9.60. The Morgan fingerprint density at radius 1 is 1.60 bits per heavy atom. The zero-order valence-electron chi connectivity index (χ0n) is 5.75. The Bertz CT molecular complexity index is 109. The van der Waals surface area contributed by atoms with Crippen molar-refractivity contribution < 1.29 is 4.79 Å². The molecular weight excluding hydrogens is 188 g/mol. The van der Waals surface area contributed by atoms with Crippen LogP contribution in [0.1, 0.15) is 13.8 Å². The van der Waals surface area contributed by atoms with Gasteiger partial charge in [-0.3, -0.25) is 4.72 Å². The SMILES string of the molecule is CC(C)NC(=O)NSSS. The smallest absolute Gasteiger partial charge is 0.325 e. The molecule has 0 saturated heterocycles. The standard InChI is InChI=1S/C4H10N2OS3/c1-3(2)5-4(7)6-9-10-8/h3,8H,1-2H3,(H2,5,6,7). The maximum Gasteiger partial charge on any atom is 0.325 e. The molecule has 0 aliphatic carbocycles. The van der Waals surface area contributed by atoms with Crippen molar-refractivity contribution >= 4 is 38.5 Å². The number of hydrogen-bond acceptors (Lipinski definition) is 4. The predicted octanol–water partition coefficient (Wildman–Crippen LogP) is 1.84. The minimum Gasteiger partial charge on any atom is -0.335 e.